The molecule has 0 bridgehead atoms. The van der Waals surface area contributed by atoms with E-state index in [0.29, 0.717) is 0 Å². The molecule has 0 spiro atoms. The van der Waals surface area contributed by atoms with E-state index >= 15 is 0 Å². The Balaban J connectivity index is 2.95. The molecule has 0 heterocycles. The van der Waals surface area contributed by atoms with Crippen LogP contribution in [0.1, 0.15) is 0 Å². The Labute approximate surface area is 90.5 Å². The van der Waals surface area contributed by atoms with Crippen LogP contribution >= 0.6 is 0 Å². The van der Waals surface area contributed by atoms with Gasteiger partial charge in [-0.25, -0.2) is 4.79 Å². The van der Waals surface area contributed by atoms with E-state index in [2.05, 4.69) is 5.32 Å². The predicted molar refractivity (Wildman–Crippen MR) is 55.2 cm³/mol. The maximum Gasteiger partial charge on any atom is 0.328 e. The Hall–Kier alpha value is -2.15. The van der Waals surface area contributed by atoms with Crippen molar-refractivity contribution in [1.82, 2.24) is 0 Å². The number of carbonyl (C=O) groups is 1. The highest BCUT2D eigenvalue weighted by molar-refractivity contribution is 5.79. The molecule has 0 aliphatic rings. The molecule has 16 heavy (non-hydrogen) atoms. The normalized spacial score (nSPS) is 11.8. The lowest BCUT2D eigenvalue weighted by atomic mass is 10.2. The van der Waals surface area contributed by atoms with Crippen LogP contribution in [0.4, 0.5) is 11.4 Å². The number of anilines is 1. The summed E-state index contributed by atoms with van der Waals surface area (Å²) >= 11 is 0. The second kappa shape index (κ2) is 5.08. The van der Waals surface area contributed by atoms with E-state index < -0.39 is 23.5 Å². The average Bonchev–Trinajstić information content (AvgIpc) is 2.25. The van der Waals surface area contributed by atoms with E-state index in [0.717, 1.165) is 0 Å². The van der Waals surface area contributed by atoms with Gasteiger partial charge in [-0.05, 0) is 6.07 Å². The van der Waals surface area contributed by atoms with Gasteiger partial charge >= 0.3 is 5.97 Å². The summed E-state index contributed by atoms with van der Waals surface area (Å²) in [5.74, 6) is -1.28. The molecule has 0 saturated carbocycles. The van der Waals surface area contributed by atoms with Gasteiger partial charge in [-0.15, -0.1) is 0 Å². The largest absolute Gasteiger partial charge is 0.480 e. The summed E-state index contributed by atoms with van der Waals surface area (Å²) in [6, 6.07) is 4.37. The van der Waals surface area contributed by atoms with Crippen molar-refractivity contribution in [2.75, 3.05) is 11.9 Å². The van der Waals surface area contributed by atoms with Crippen LogP contribution in [0, 0.1) is 10.1 Å². The van der Waals surface area contributed by atoms with E-state index in [-0.39, 0.29) is 11.4 Å². The topological polar surface area (TPSA) is 113 Å². The standard InChI is InChI=1S/C9H10N2O5/c12-5-7(9(13)14)10-6-3-1-2-4-8(6)11(15)16/h1-4,7,10,12H,5H2,(H,13,14). The molecule has 1 rings (SSSR count). The first-order valence-electron chi connectivity index (χ1n) is 4.40. The van der Waals surface area contributed by atoms with Gasteiger partial charge in [0, 0.05) is 6.07 Å². The van der Waals surface area contributed by atoms with Gasteiger partial charge in [-0.2, -0.15) is 0 Å². The Morgan fingerprint density at radius 3 is 2.62 bits per heavy atom. The fraction of sp³-hybridized carbons (Fsp3) is 0.222. The van der Waals surface area contributed by atoms with Gasteiger partial charge in [0.25, 0.3) is 5.69 Å². The highest BCUT2D eigenvalue weighted by atomic mass is 16.6. The number of aliphatic hydroxyl groups is 1. The SMILES string of the molecule is O=C(O)C(CO)Nc1ccccc1[N+](=O)[O-]. The Morgan fingerprint density at radius 2 is 2.12 bits per heavy atom. The number of aliphatic carboxylic acids is 1. The van der Waals surface area contributed by atoms with E-state index in [9.17, 15) is 14.9 Å². The minimum Gasteiger partial charge on any atom is -0.480 e. The number of nitro groups is 1. The van der Waals surface area contributed by atoms with Crippen LogP contribution in [-0.4, -0.2) is 33.8 Å². The van der Waals surface area contributed by atoms with Crippen molar-refractivity contribution in [1.29, 1.82) is 0 Å². The number of hydrogen-bond donors (Lipinski definition) is 3. The fourth-order valence-electron chi connectivity index (χ4n) is 1.13. The van der Waals surface area contributed by atoms with E-state index in [1.807, 2.05) is 0 Å². The summed E-state index contributed by atoms with van der Waals surface area (Å²) in [4.78, 5) is 20.6. The number of nitro benzene ring substituents is 1. The van der Waals surface area contributed by atoms with Crippen molar-refractivity contribution in [3.05, 3.63) is 34.4 Å². The Kier molecular flexibility index (Phi) is 3.78. The van der Waals surface area contributed by atoms with Crippen LogP contribution in [-0.2, 0) is 4.79 Å². The number of aliphatic hydroxyl groups excluding tert-OH is 1. The zero-order valence-corrected chi connectivity index (χ0v) is 8.16. The molecule has 0 fully saturated rings. The average molecular weight is 226 g/mol. The van der Waals surface area contributed by atoms with Crippen LogP contribution in [0.2, 0.25) is 0 Å². The molecule has 0 saturated heterocycles. The van der Waals surface area contributed by atoms with Crippen molar-refractivity contribution in [3.8, 4) is 0 Å². The molecule has 1 unspecified atom stereocenters. The van der Waals surface area contributed by atoms with Crippen LogP contribution in [0.25, 0.3) is 0 Å². The number of para-hydroxylation sites is 2. The minimum atomic E-state index is -1.28. The fourth-order valence-corrected chi connectivity index (χ4v) is 1.13. The van der Waals surface area contributed by atoms with Crippen LogP contribution in [0.15, 0.2) is 24.3 Å². The van der Waals surface area contributed by atoms with Gasteiger partial charge in [0.15, 0.2) is 0 Å². The van der Waals surface area contributed by atoms with E-state index in [4.69, 9.17) is 10.2 Å². The molecule has 1 aromatic carbocycles. The number of benzene rings is 1. The van der Waals surface area contributed by atoms with Crippen molar-refractivity contribution in [2.45, 2.75) is 6.04 Å². The molecule has 1 atom stereocenters. The van der Waals surface area contributed by atoms with Crippen molar-refractivity contribution in [2.24, 2.45) is 0 Å². The summed E-state index contributed by atoms with van der Waals surface area (Å²) < 4.78 is 0. The molecular weight excluding hydrogens is 216 g/mol. The second-order valence-corrected chi connectivity index (χ2v) is 2.99. The zero-order chi connectivity index (χ0) is 12.1. The predicted octanol–water partition coefficient (Wildman–Crippen LogP) is 0.452. The lowest BCUT2D eigenvalue weighted by molar-refractivity contribution is -0.384. The van der Waals surface area contributed by atoms with Crippen molar-refractivity contribution >= 4 is 17.3 Å². The van der Waals surface area contributed by atoms with Gasteiger partial charge in [0.2, 0.25) is 0 Å². The summed E-state index contributed by atoms with van der Waals surface area (Å²) in [5.41, 5.74) is -0.170. The summed E-state index contributed by atoms with van der Waals surface area (Å²) in [6.45, 7) is -0.651. The Bertz CT molecular complexity index is 407. The van der Waals surface area contributed by atoms with E-state index in [1.54, 1.807) is 0 Å². The van der Waals surface area contributed by atoms with Crippen molar-refractivity contribution in [3.63, 3.8) is 0 Å². The lowest BCUT2D eigenvalue weighted by Gasteiger charge is -2.12. The third-order valence-corrected chi connectivity index (χ3v) is 1.91. The molecule has 0 aliphatic carbocycles. The van der Waals surface area contributed by atoms with Crippen LogP contribution < -0.4 is 5.32 Å². The van der Waals surface area contributed by atoms with Gasteiger partial charge in [0.1, 0.15) is 11.7 Å². The third-order valence-electron chi connectivity index (χ3n) is 1.91. The number of nitrogens with one attached hydrogen (secondary N) is 1. The van der Waals surface area contributed by atoms with Crippen molar-refractivity contribution < 1.29 is 19.9 Å². The number of carboxylic acids is 1. The van der Waals surface area contributed by atoms with E-state index in [1.165, 1.54) is 24.3 Å². The summed E-state index contributed by atoms with van der Waals surface area (Å²) in [6.07, 6.45) is 0. The molecule has 0 aliphatic heterocycles. The molecule has 86 valence electrons. The highest BCUT2D eigenvalue weighted by Gasteiger charge is 2.20. The van der Waals surface area contributed by atoms with Gasteiger partial charge in [-0.3, -0.25) is 10.1 Å². The maximum absolute atomic E-state index is 10.6. The first kappa shape index (κ1) is 11.9. The summed E-state index contributed by atoms with van der Waals surface area (Å²) in [7, 11) is 0. The van der Waals surface area contributed by atoms with Gasteiger partial charge in [-0.1, -0.05) is 12.1 Å². The van der Waals surface area contributed by atoms with Gasteiger partial charge < -0.3 is 15.5 Å². The summed E-state index contributed by atoms with van der Waals surface area (Å²) in [5, 5.41) is 30.4. The van der Waals surface area contributed by atoms with Crippen LogP contribution in [0.3, 0.4) is 0 Å². The smallest absolute Gasteiger partial charge is 0.328 e. The highest BCUT2D eigenvalue weighted by Crippen LogP contribution is 2.23. The first-order chi connectivity index (χ1) is 7.56. The Morgan fingerprint density at radius 1 is 1.50 bits per heavy atom. The number of hydrogen-bond acceptors (Lipinski definition) is 5. The third kappa shape index (κ3) is 2.67. The van der Waals surface area contributed by atoms with Crippen LogP contribution in [0.5, 0.6) is 0 Å². The van der Waals surface area contributed by atoms with Gasteiger partial charge in [0.05, 0.1) is 11.5 Å². The molecule has 3 N–H and O–H groups in total. The molecular formula is C9H10N2O5. The second-order valence-electron chi connectivity index (χ2n) is 2.99. The molecule has 7 heteroatoms. The molecule has 0 radical (unpaired) electrons. The zero-order valence-electron chi connectivity index (χ0n) is 8.16. The lowest BCUT2D eigenvalue weighted by Crippen LogP contribution is -2.32. The first-order valence-corrected chi connectivity index (χ1v) is 4.40. The molecule has 1 aromatic rings. The number of rotatable bonds is 5. The maximum atomic E-state index is 10.6. The quantitative estimate of drug-likeness (QED) is 0.496. The molecule has 7 nitrogen and oxygen atoms in total. The number of carboxylic acid groups (broad SMARTS) is 1. The molecule has 0 amide bonds. The monoisotopic (exact) mass is 226 g/mol. The molecule has 0 aromatic heterocycles. The minimum absolute atomic E-state index is 0.0638. The number of nitrogens with zero attached hydrogens (tertiary/aromatic N) is 1.